The number of fused-ring (bicyclic) bond motifs is 1. The first-order chi connectivity index (χ1) is 16.5. The third kappa shape index (κ3) is 4.53. The van der Waals surface area contributed by atoms with E-state index in [1.807, 2.05) is 48.1 Å². The minimum absolute atomic E-state index is 0.239. The molecule has 3 aromatic heterocycles. The predicted molar refractivity (Wildman–Crippen MR) is 134 cm³/mol. The zero-order valence-corrected chi connectivity index (χ0v) is 19.8. The van der Waals surface area contributed by atoms with Gasteiger partial charge in [-0.1, -0.05) is 47.5 Å². The number of halogens is 2. The molecule has 5 aromatic rings. The Morgan fingerprint density at radius 1 is 0.971 bits per heavy atom. The summed E-state index contributed by atoms with van der Waals surface area (Å²) < 4.78 is 3.55. The van der Waals surface area contributed by atoms with Crippen LogP contribution in [-0.4, -0.2) is 30.5 Å². The number of aryl methyl sites for hydroxylation is 1. The van der Waals surface area contributed by atoms with Crippen LogP contribution in [0.1, 0.15) is 22.8 Å². The van der Waals surface area contributed by atoms with Crippen molar-refractivity contribution in [2.24, 2.45) is 0 Å². The first kappa shape index (κ1) is 22.1. The maximum Gasteiger partial charge on any atom is 0.256 e. The minimum Gasteiger partial charge on any atom is -0.319 e. The Kier molecular flexibility index (Phi) is 6.04. The number of para-hydroxylation sites is 1. The van der Waals surface area contributed by atoms with Gasteiger partial charge in [0.25, 0.3) is 5.91 Å². The van der Waals surface area contributed by atoms with E-state index in [4.69, 9.17) is 28.2 Å². The number of hydrogen-bond acceptors (Lipinski definition) is 4. The van der Waals surface area contributed by atoms with Crippen LogP contribution in [0.5, 0.6) is 0 Å². The molecule has 0 bridgehead atoms. The summed E-state index contributed by atoms with van der Waals surface area (Å²) >= 11 is 12.1. The molecule has 34 heavy (non-hydrogen) atoms. The summed E-state index contributed by atoms with van der Waals surface area (Å²) in [6, 6.07) is 14.8. The number of carbonyl (C=O) groups is 1. The number of benzene rings is 2. The summed E-state index contributed by atoms with van der Waals surface area (Å²) in [6.45, 7) is 3.27. The second-order valence-corrected chi connectivity index (χ2v) is 8.60. The van der Waals surface area contributed by atoms with Gasteiger partial charge >= 0.3 is 0 Å². The third-order valence-corrected chi connectivity index (χ3v) is 6.17. The molecule has 1 amide bonds. The average Bonchev–Trinajstić information content (AvgIpc) is 3.50. The number of anilines is 1. The molecule has 7 nitrogen and oxygen atoms in total. The summed E-state index contributed by atoms with van der Waals surface area (Å²) in [7, 11) is 0. The molecule has 0 aliphatic carbocycles. The molecule has 3 heterocycles. The summed E-state index contributed by atoms with van der Waals surface area (Å²) in [5, 5.41) is 13.4. The van der Waals surface area contributed by atoms with Gasteiger partial charge in [-0.25, -0.2) is 4.98 Å². The number of nitrogens with one attached hydrogen (secondary N) is 1. The van der Waals surface area contributed by atoms with Crippen molar-refractivity contribution >= 4 is 45.7 Å². The smallest absolute Gasteiger partial charge is 0.256 e. The van der Waals surface area contributed by atoms with E-state index in [0.29, 0.717) is 33.5 Å². The van der Waals surface area contributed by atoms with Gasteiger partial charge in [0.05, 0.1) is 51.4 Å². The number of rotatable bonds is 6. The molecule has 0 aliphatic heterocycles. The van der Waals surface area contributed by atoms with Crippen LogP contribution >= 0.6 is 23.2 Å². The van der Waals surface area contributed by atoms with Crippen molar-refractivity contribution in [3.8, 4) is 11.3 Å². The van der Waals surface area contributed by atoms with Gasteiger partial charge in [-0.2, -0.15) is 10.2 Å². The lowest BCUT2D eigenvalue weighted by Gasteiger charge is -2.09. The highest BCUT2D eigenvalue weighted by molar-refractivity contribution is 6.42. The maximum absolute atomic E-state index is 13.3. The molecule has 170 valence electrons. The van der Waals surface area contributed by atoms with E-state index in [2.05, 4.69) is 15.5 Å². The fourth-order valence-corrected chi connectivity index (χ4v) is 4.04. The lowest BCUT2D eigenvalue weighted by atomic mass is 10.0. The van der Waals surface area contributed by atoms with Gasteiger partial charge in [-0.3, -0.25) is 14.2 Å². The lowest BCUT2D eigenvalue weighted by molar-refractivity contribution is 0.102. The van der Waals surface area contributed by atoms with Crippen molar-refractivity contribution in [3.63, 3.8) is 0 Å². The van der Waals surface area contributed by atoms with E-state index in [1.54, 1.807) is 41.5 Å². The first-order valence-corrected chi connectivity index (χ1v) is 11.5. The van der Waals surface area contributed by atoms with Crippen LogP contribution in [0.2, 0.25) is 10.0 Å². The molecule has 0 saturated heterocycles. The average molecular weight is 491 g/mol. The Labute approximate surface area is 205 Å². The van der Waals surface area contributed by atoms with Gasteiger partial charge in [0.15, 0.2) is 0 Å². The standard InChI is InChI=1S/C25H20Cl2N6O/c1-2-32-14-17(11-28-32)24-10-20(19-5-3-4-6-23(19)31-24)25(34)30-18-12-29-33(15-18)13-16-7-8-21(26)22(27)9-16/h3-12,14-15H,2,13H2,1H3,(H,30,34). The van der Waals surface area contributed by atoms with E-state index in [-0.39, 0.29) is 5.91 Å². The summed E-state index contributed by atoms with van der Waals surface area (Å²) in [6.07, 6.45) is 7.07. The number of pyridine rings is 1. The number of hydrogen-bond donors (Lipinski definition) is 1. The van der Waals surface area contributed by atoms with E-state index in [1.165, 1.54) is 0 Å². The molecule has 0 saturated carbocycles. The lowest BCUT2D eigenvalue weighted by Crippen LogP contribution is -2.12. The van der Waals surface area contributed by atoms with Crippen molar-refractivity contribution in [2.75, 3.05) is 5.32 Å². The second-order valence-electron chi connectivity index (χ2n) is 7.79. The fraction of sp³-hybridized carbons (Fsp3) is 0.120. The number of carbonyl (C=O) groups excluding carboxylic acids is 1. The first-order valence-electron chi connectivity index (χ1n) is 10.7. The quantitative estimate of drug-likeness (QED) is 0.320. The van der Waals surface area contributed by atoms with Crippen LogP contribution in [0.3, 0.4) is 0 Å². The number of aromatic nitrogens is 5. The molecular weight excluding hydrogens is 471 g/mol. The van der Waals surface area contributed by atoms with Crippen LogP contribution in [0.15, 0.2) is 73.3 Å². The Bertz CT molecular complexity index is 1510. The summed E-state index contributed by atoms with van der Waals surface area (Å²) in [4.78, 5) is 18.0. The monoisotopic (exact) mass is 490 g/mol. The van der Waals surface area contributed by atoms with Gasteiger partial charge in [-0.15, -0.1) is 0 Å². The van der Waals surface area contributed by atoms with E-state index in [9.17, 15) is 4.79 Å². The van der Waals surface area contributed by atoms with Gasteiger partial charge < -0.3 is 5.32 Å². The highest BCUT2D eigenvalue weighted by Gasteiger charge is 2.16. The number of nitrogens with zero attached hydrogens (tertiary/aromatic N) is 5. The topological polar surface area (TPSA) is 77.6 Å². The Hall–Kier alpha value is -3.68. The molecule has 9 heteroatoms. The molecule has 0 aliphatic rings. The van der Waals surface area contributed by atoms with Crippen molar-refractivity contribution in [1.29, 1.82) is 0 Å². The van der Waals surface area contributed by atoms with Gasteiger partial charge in [-0.05, 0) is 36.8 Å². The van der Waals surface area contributed by atoms with Crippen molar-refractivity contribution in [2.45, 2.75) is 20.0 Å². The van der Waals surface area contributed by atoms with Crippen molar-refractivity contribution in [3.05, 3.63) is 94.5 Å². The molecule has 0 unspecified atom stereocenters. The van der Waals surface area contributed by atoms with E-state index < -0.39 is 0 Å². The minimum atomic E-state index is -0.239. The zero-order chi connectivity index (χ0) is 23.7. The second kappa shape index (κ2) is 9.29. The molecule has 2 aromatic carbocycles. The molecule has 0 spiro atoms. The zero-order valence-electron chi connectivity index (χ0n) is 18.2. The van der Waals surface area contributed by atoms with E-state index >= 15 is 0 Å². The number of amides is 1. The summed E-state index contributed by atoms with van der Waals surface area (Å²) in [5.74, 6) is -0.239. The molecule has 0 fully saturated rings. The highest BCUT2D eigenvalue weighted by atomic mass is 35.5. The Morgan fingerprint density at radius 2 is 1.79 bits per heavy atom. The third-order valence-electron chi connectivity index (χ3n) is 5.43. The largest absolute Gasteiger partial charge is 0.319 e. The SMILES string of the molecule is CCn1cc(-c2cc(C(=O)Nc3cnn(Cc4ccc(Cl)c(Cl)c4)c3)c3ccccc3n2)cn1. The molecule has 0 atom stereocenters. The van der Waals surface area contributed by atoms with Gasteiger partial charge in [0.2, 0.25) is 0 Å². The Morgan fingerprint density at radius 3 is 2.59 bits per heavy atom. The fourth-order valence-electron chi connectivity index (χ4n) is 3.72. The normalized spacial score (nSPS) is 11.1. The van der Waals surface area contributed by atoms with Gasteiger partial charge in [0.1, 0.15) is 0 Å². The van der Waals surface area contributed by atoms with E-state index in [0.717, 1.165) is 28.6 Å². The van der Waals surface area contributed by atoms with Crippen molar-refractivity contribution in [1.82, 2.24) is 24.5 Å². The van der Waals surface area contributed by atoms with Crippen LogP contribution in [0, 0.1) is 0 Å². The maximum atomic E-state index is 13.3. The van der Waals surface area contributed by atoms with Crippen molar-refractivity contribution < 1.29 is 4.79 Å². The highest BCUT2D eigenvalue weighted by Crippen LogP contribution is 2.26. The molecule has 1 N–H and O–H groups in total. The van der Waals surface area contributed by atoms with Crippen LogP contribution < -0.4 is 5.32 Å². The van der Waals surface area contributed by atoms with Crippen LogP contribution in [0.4, 0.5) is 5.69 Å². The molecular formula is C25H20Cl2N6O. The van der Waals surface area contributed by atoms with Crippen LogP contribution in [-0.2, 0) is 13.1 Å². The molecule has 0 radical (unpaired) electrons. The Balaban J connectivity index is 1.42. The predicted octanol–water partition coefficient (Wildman–Crippen LogP) is 5.92. The summed E-state index contributed by atoms with van der Waals surface area (Å²) in [5.41, 5.74) is 4.36. The molecule has 5 rings (SSSR count). The van der Waals surface area contributed by atoms with Gasteiger partial charge in [0, 0.05) is 29.9 Å². The van der Waals surface area contributed by atoms with Crippen LogP contribution in [0.25, 0.3) is 22.2 Å².